The number of amides is 1. The van der Waals surface area contributed by atoms with Gasteiger partial charge in [0.05, 0.1) is 18.9 Å². The number of hydrogen-bond acceptors (Lipinski definition) is 7. The molecule has 2 saturated heterocycles. The van der Waals surface area contributed by atoms with Gasteiger partial charge in [0.2, 0.25) is 5.91 Å². The van der Waals surface area contributed by atoms with Crippen LogP contribution in [0.1, 0.15) is 48.9 Å². The molecule has 156 valence electrons. The summed E-state index contributed by atoms with van der Waals surface area (Å²) in [6, 6.07) is 0.377. The van der Waals surface area contributed by atoms with Gasteiger partial charge in [-0.25, -0.2) is 0 Å². The highest BCUT2D eigenvalue weighted by atomic mass is 32.2. The molecule has 0 bridgehead atoms. The third-order valence-electron chi connectivity index (χ3n) is 5.14. The molecule has 1 aromatic rings. The van der Waals surface area contributed by atoms with Gasteiger partial charge in [0, 0.05) is 53.1 Å². The van der Waals surface area contributed by atoms with E-state index in [2.05, 4.69) is 10.3 Å². The van der Waals surface area contributed by atoms with Gasteiger partial charge in [-0.1, -0.05) is 6.42 Å². The molecule has 2 fully saturated rings. The molecule has 5 N–H and O–H groups in total. The predicted molar refractivity (Wildman–Crippen MR) is 105 cm³/mol. The first-order valence-corrected chi connectivity index (χ1v) is 10.4. The summed E-state index contributed by atoms with van der Waals surface area (Å²) in [6.45, 7) is 1.12. The number of fused-ring (bicyclic) bond motifs is 1. The molecule has 0 aliphatic carbocycles. The number of aromatic hydroxyl groups is 1. The maximum Gasteiger partial charge on any atom is 0.303 e. The summed E-state index contributed by atoms with van der Waals surface area (Å²) in [5.41, 5.74) is 1.27. The smallest absolute Gasteiger partial charge is 0.303 e. The van der Waals surface area contributed by atoms with Gasteiger partial charge in [0.15, 0.2) is 0 Å². The molecule has 2 aliphatic heterocycles. The molecular formula is C19H28N2O6S. The lowest BCUT2D eigenvalue weighted by Gasteiger charge is -2.15. The fourth-order valence-electron chi connectivity index (χ4n) is 3.55. The monoisotopic (exact) mass is 412 g/mol. The molecule has 0 radical (unpaired) electrons. The van der Waals surface area contributed by atoms with Crippen LogP contribution in [0.2, 0.25) is 0 Å². The van der Waals surface area contributed by atoms with E-state index in [1.807, 2.05) is 11.8 Å². The van der Waals surface area contributed by atoms with Crippen molar-refractivity contribution in [1.29, 1.82) is 0 Å². The van der Waals surface area contributed by atoms with Gasteiger partial charge in [0.1, 0.15) is 5.75 Å². The first kappa shape index (κ1) is 22.4. The van der Waals surface area contributed by atoms with Crippen molar-refractivity contribution < 1.29 is 30.0 Å². The summed E-state index contributed by atoms with van der Waals surface area (Å²) < 4.78 is 0. The Morgan fingerprint density at radius 1 is 1.32 bits per heavy atom. The molecule has 3 atom stereocenters. The van der Waals surface area contributed by atoms with Crippen molar-refractivity contribution in [2.24, 2.45) is 5.92 Å². The molecule has 3 rings (SSSR count). The number of rotatable bonds is 7. The number of carboxylic acids is 1. The third-order valence-corrected chi connectivity index (χ3v) is 6.70. The van der Waals surface area contributed by atoms with E-state index < -0.39 is 5.97 Å². The van der Waals surface area contributed by atoms with Crippen LogP contribution in [-0.4, -0.2) is 54.3 Å². The Morgan fingerprint density at radius 3 is 2.71 bits per heavy atom. The van der Waals surface area contributed by atoms with Crippen LogP contribution in [0.25, 0.3) is 0 Å². The quantitative estimate of drug-likeness (QED) is 0.423. The van der Waals surface area contributed by atoms with E-state index in [4.69, 9.17) is 15.3 Å². The van der Waals surface area contributed by atoms with Crippen LogP contribution < -0.4 is 5.32 Å². The molecule has 1 aromatic heterocycles. The van der Waals surface area contributed by atoms with Crippen molar-refractivity contribution in [3.8, 4) is 5.75 Å². The molecule has 9 heteroatoms. The topological polar surface area (TPSA) is 140 Å². The number of hydrogen-bond donors (Lipinski definition) is 5. The molecule has 3 heterocycles. The van der Waals surface area contributed by atoms with E-state index in [-0.39, 0.29) is 31.3 Å². The molecule has 0 spiro atoms. The fourth-order valence-corrected chi connectivity index (χ4v) is 5.20. The standard InChI is InChI=1S/C11H17NO3S.C8H11NO3/c13-10-5-7-8(12-10)6-16-9(7)3-1-2-4-11(14)15;1-5-8(12)7(4-11)6(3-10)2-9-5/h7-9H,1-6H2,(H,12,13)(H,14,15);2,10-12H,3-4H2,1H3/t7-,8-,9-;/m0./s1. The molecule has 1 amide bonds. The minimum absolute atomic E-state index is 0.0379. The number of aromatic nitrogens is 1. The number of carboxylic acid groups (broad SMARTS) is 1. The van der Waals surface area contributed by atoms with Gasteiger partial charge < -0.3 is 25.7 Å². The summed E-state index contributed by atoms with van der Waals surface area (Å²) in [4.78, 5) is 25.4. The number of aliphatic carboxylic acids is 1. The Morgan fingerprint density at radius 2 is 2.07 bits per heavy atom. The lowest BCUT2D eigenvalue weighted by atomic mass is 9.94. The molecule has 2 aliphatic rings. The van der Waals surface area contributed by atoms with Crippen LogP contribution in [0.3, 0.4) is 0 Å². The number of aliphatic hydroxyl groups is 2. The second kappa shape index (κ2) is 10.6. The Balaban J connectivity index is 0.000000209. The second-order valence-electron chi connectivity index (χ2n) is 7.07. The highest BCUT2D eigenvalue weighted by Gasteiger charge is 2.42. The zero-order valence-electron chi connectivity index (χ0n) is 15.9. The Hall–Kier alpha value is -1.84. The summed E-state index contributed by atoms with van der Waals surface area (Å²) in [5.74, 6) is 0.951. The van der Waals surface area contributed by atoms with Crippen LogP contribution in [0.15, 0.2) is 6.20 Å². The van der Waals surface area contributed by atoms with Crippen molar-refractivity contribution in [3.05, 3.63) is 23.0 Å². The van der Waals surface area contributed by atoms with E-state index in [0.717, 1.165) is 25.0 Å². The summed E-state index contributed by atoms with van der Waals surface area (Å²) in [7, 11) is 0. The first-order chi connectivity index (χ1) is 13.4. The summed E-state index contributed by atoms with van der Waals surface area (Å²) in [5, 5.41) is 39.1. The maximum absolute atomic E-state index is 11.2. The maximum atomic E-state index is 11.2. The van der Waals surface area contributed by atoms with Crippen molar-refractivity contribution in [1.82, 2.24) is 10.3 Å². The summed E-state index contributed by atoms with van der Waals surface area (Å²) >= 11 is 1.93. The highest BCUT2D eigenvalue weighted by molar-refractivity contribution is 8.00. The van der Waals surface area contributed by atoms with E-state index in [1.54, 1.807) is 6.92 Å². The van der Waals surface area contributed by atoms with E-state index in [1.165, 1.54) is 6.20 Å². The van der Waals surface area contributed by atoms with Gasteiger partial charge >= 0.3 is 5.97 Å². The normalized spacial score (nSPS) is 23.0. The highest BCUT2D eigenvalue weighted by Crippen LogP contribution is 2.40. The number of nitrogens with zero attached hydrogens (tertiary/aromatic N) is 1. The molecule has 8 nitrogen and oxygen atoms in total. The van der Waals surface area contributed by atoms with Crippen molar-refractivity contribution in [3.63, 3.8) is 0 Å². The van der Waals surface area contributed by atoms with E-state index >= 15 is 0 Å². The molecule has 0 aromatic carbocycles. The first-order valence-electron chi connectivity index (χ1n) is 9.38. The van der Waals surface area contributed by atoms with Gasteiger partial charge in [-0.2, -0.15) is 11.8 Å². The SMILES string of the molecule is Cc1ncc(CO)c(CO)c1O.O=C(O)CCCC[C@@H]1SC[C@@H]2NC(=O)C[C@@H]21. The lowest BCUT2D eigenvalue weighted by molar-refractivity contribution is -0.137. The largest absolute Gasteiger partial charge is 0.506 e. The van der Waals surface area contributed by atoms with Crippen molar-refractivity contribution in [2.75, 3.05) is 5.75 Å². The van der Waals surface area contributed by atoms with Gasteiger partial charge in [-0.05, 0) is 19.8 Å². The van der Waals surface area contributed by atoms with Crippen LogP contribution in [0.5, 0.6) is 5.75 Å². The zero-order valence-corrected chi connectivity index (χ0v) is 16.7. The number of aryl methyl sites for hydroxylation is 1. The average Bonchev–Trinajstić information content (AvgIpc) is 3.20. The number of pyridine rings is 1. The molecule has 28 heavy (non-hydrogen) atoms. The predicted octanol–water partition coefficient (Wildman–Crippen LogP) is 1.33. The second-order valence-corrected chi connectivity index (χ2v) is 8.34. The molecular weight excluding hydrogens is 384 g/mol. The number of aliphatic hydroxyl groups excluding tert-OH is 2. The number of nitrogens with one attached hydrogen (secondary N) is 1. The van der Waals surface area contributed by atoms with Gasteiger partial charge in [-0.3, -0.25) is 14.6 Å². The van der Waals surface area contributed by atoms with E-state index in [9.17, 15) is 14.7 Å². The Labute approximate surface area is 168 Å². The fraction of sp³-hybridized carbons (Fsp3) is 0.632. The average molecular weight is 413 g/mol. The number of unbranched alkanes of at least 4 members (excludes halogenated alkanes) is 1. The molecule has 0 saturated carbocycles. The van der Waals surface area contributed by atoms with Crippen molar-refractivity contribution >= 4 is 23.6 Å². The Kier molecular flexibility index (Phi) is 8.53. The minimum Gasteiger partial charge on any atom is -0.506 e. The van der Waals surface area contributed by atoms with Crippen LogP contribution in [0, 0.1) is 12.8 Å². The van der Waals surface area contributed by atoms with Gasteiger partial charge in [0.25, 0.3) is 0 Å². The van der Waals surface area contributed by atoms with E-state index in [0.29, 0.717) is 40.5 Å². The minimum atomic E-state index is -0.713. The number of carbonyl (C=O) groups is 2. The van der Waals surface area contributed by atoms with Crippen LogP contribution in [-0.2, 0) is 22.8 Å². The lowest BCUT2D eigenvalue weighted by Crippen LogP contribution is -2.29. The van der Waals surface area contributed by atoms with Crippen LogP contribution >= 0.6 is 11.8 Å². The molecule has 0 unspecified atom stereocenters. The summed E-state index contributed by atoms with van der Waals surface area (Å²) in [6.07, 6.45) is 5.14. The third kappa shape index (κ3) is 5.83. The van der Waals surface area contributed by atoms with Crippen molar-refractivity contribution in [2.45, 2.75) is 63.5 Å². The zero-order chi connectivity index (χ0) is 20.7. The number of carbonyl (C=O) groups excluding carboxylic acids is 1. The van der Waals surface area contributed by atoms with Gasteiger partial charge in [-0.15, -0.1) is 0 Å². The van der Waals surface area contributed by atoms with Crippen LogP contribution in [0.4, 0.5) is 0 Å². The number of thioether (sulfide) groups is 1. The Bertz CT molecular complexity index is 699.